The van der Waals surface area contributed by atoms with E-state index in [1.807, 2.05) is 6.92 Å². The Morgan fingerprint density at radius 2 is 1.93 bits per heavy atom. The van der Waals surface area contributed by atoms with Crippen molar-refractivity contribution in [3.8, 4) is 11.5 Å². The molecule has 2 spiro atoms. The lowest BCUT2D eigenvalue weighted by Gasteiger charge is -2.74. The van der Waals surface area contributed by atoms with Gasteiger partial charge in [-0.25, -0.2) is 0 Å². The third kappa shape index (κ3) is 1.77. The molecule has 2 aliphatic heterocycles. The number of fused-ring (bicyclic) bond motifs is 2. The maximum atomic E-state index is 12.0. The molecule has 4 aliphatic carbocycles. The van der Waals surface area contributed by atoms with Crippen LogP contribution < -0.4 is 10.1 Å². The first-order valence-electron chi connectivity index (χ1n) is 11.6. The molecule has 0 radical (unpaired) electrons. The quantitative estimate of drug-likeness (QED) is 0.694. The minimum atomic E-state index is -0.910. The van der Waals surface area contributed by atoms with Crippen LogP contribution in [0, 0.1) is 16.7 Å². The Morgan fingerprint density at radius 1 is 1.17 bits per heavy atom. The minimum absolute atomic E-state index is 0.0160. The van der Waals surface area contributed by atoms with Gasteiger partial charge in [0.25, 0.3) is 0 Å². The summed E-state index contributed by atoms with van der Waals surface area (Å²) in [5.41, 5.74) is 0.658. The van der Waals surface area contributed by atoms with Crippen LogP contribution >= 0.6 is 0 Å². The number of phenolic OH excluding ortho intramolecular Hbond substituents is 1. The fraction of sp³-hybridized carbons (Fsp3) is 0.760. The predicted octanol–water partition coefficient (Wildman–Crippen LogP) is 3.29. The summed E-state index contributed by atoms with van der Waals surface area (Å²) in [6.45, 7) is 9.33. The number of piperidine rings is 1. The van der Waals surface area contributed by atoms with E-state index in [0.29, 0.717) is 11.8 Å². The summed E-state index contributed by atoms with van der Waals surface area (Å²) < 4.78 is 13.2. The Hall–Kier alpha value is -1.30. The molecule has 7 rings (SSSR count). The number of rotatable bonds is 2. The van der Waals surface area contributed by atoms with Gasteiger partial charge < -0.3 is 25.0 Å². The van der Waals surface area contributed by atoms with Crippen molar-refractivity contribution in [1.29, 1.82) is 0 Å². The van der Waals surface area contributed by atoms with Crippen LogP contribution in [0.1, 0.15) is 64.5 Å². The fourth-order valence-electron chi connectivity index (χ4n) is 8.53. The first-order valence-corrected chi connectivity index (χ1v) is 11.6. The molecule has 5 heteroatoms. The van der Waals surface area contributed by atoms with Crippen LogP contribution in [-0.4, -0.2) is 47.2 Å². The first-order chi connectivity index (χ1) is 14.1. The van der Waals surface area contributed by atoms with Crippen molar-refractivity contribution in [3.05, 3.63) is 23.3 Å². The molecule has 4 bridgehead atoms. The second-order valence-electron chi connectivity index (χ2n) is 11.8. The first kappa shape index (κ1) is 19.4. The lowest BCUT2D eigenvalue weighted by molar-refractivity contribution is -0.303. The van der Waals surface area contributed by atoms with Gasteiger partial charge in [0.1, 0.15) is 11.7 Å². The van der Waals surface area contributed by atoms with E-state index in [1.165, 1.54) is 11.1 Å². The van der Waals surface area contributed by atoms with Gasteiger partial charge in [-0.2, -0.15) is 0 Å². The monoisotopic (exact) mass is 413 g/mol. The lowest BCUT2D eigenvalue weighted by atomic mass is 9.33. The number of nitrogens with one attached hydrogen (secondary N) is 1. The minimum Gasteiger partial charge on any atom is -0.504 e. The van der Waals surface area contributed by atoms with Gasteiger partial charge in [-0.15, -0.1) is 0 Å². The zero-order valence-corrected chi connectivity index (χ0v) is 18.8. The normalized spacial score (nSPS) is 44.9. The highest BCUT2D eigenvalue weighted by molar-refractivity contribution is 5.63. The van der Waals surface area contributed by atoms with Gasteiger partial charge >= 0.3 is 0 Å². The van der Waals surface area contributed by atoms with Crippen LogP contribution in [0.3, 0.4) is 0 Å². The van der Waals surface area contributed by atoms with Gasteiger partial charge in [0.15, 0.2) is 11.5 Å². The summed E-state index contributed by atoms with van der Waals surface area (Å²) in [4.78, 5) is 0. The van der Waals surface area contributed by atoms with E-state index in [1.54, 1.807) is 13.2 Å². The van der Waals surface area contributed by atoms with E-state index in [9.17, 15) is 10.2 Å². The molecule has 4 unspecified atom stereocenters. The van der Waals surface area contributed by atoms with Gasteiger partial charge in [-0.05, 0) is 62.6 Å². The third-order valence-electron chi connectivity index (χ3n) is 10.4. The van der Waals surface area contributed by atoms with Gasteiger partial charge in [0.05, 0.1) is 5.60 Å². The Balaban J connectivity index is 1.65. The number of hydrogen-bond acceptors (Lipinski definition) is 5. The number of benzene rings is 1. The molecule has 5 nitrogen and oxygen atoms in total. The Labute approximate surface area is 179 Å². The van der Waals surface area contributed by atoms with E-state index >= 15 is 0 Å². The predicted molar refractivity (Wildman–Crippen MR) is 114 cm³/mol. The van der Waals surface area contributed by atoms with Gasteiger partial charge in [-0.3, -0.25) is 0 Å². The van der Waals surface area contributed by atoms with Crippen molar-refractivity contribution in [2.24, 2.45) is 16.7 Å². The molecule has 7 atom stereocenters. The van der Waals surface area contributed by atoms with Crippen molar-refractivity contribution in [2.45, 2.75) is 88.6 Å². The largest absolute Gasteiger partial charge is 0.504 e. The molecular weight excluding hydrogens is 378 g/mol. The molecule has 1 aromatic carbocycles. The lowest BCUT2D eigenvalue weighted by Crippen LogP contribution is -2.83. The van der Waals surface area contributed by atoms with Crippen molar-refractivity contribution >= 4 is 0 Å². The number of aliphatic hydroxyl groups is 1. The van der Waals surface area contributed by atoms with Gasteiger partial charge in [0, 0.05) is 35.5 Å². The number of hydrogen-bond donors (Lipinski definition) is 3. The molecule has 0 amide bonds. The maximum Gasteiger partial charge on any atom is 0.165 e. The molecule has 2 heterocycles. The molecule has 1 aromatic rings. The third-order valence-corrected chi connectivity index (χ3v) is 10.4. The van der Waals surface area contributed by atoms with E-state index < -0.39 is 11.2 Å². The highest BCUT2D eigenvalue weighted by Crippen LogP contribution is 2.77. The smallest absolute Gasteiger partial charge is 0.165 e. The summed E-state index contributed by atoms with van der Waals surface area (Å²) >= 11 is 0. The van der Waals surface area contributed by atoms with Crippen LogP contribution in [0.15, 0.2) is 12.1 Å². The Kier molecular flexibility index (Phi) is 3.46. The summed E-state index contributed by atoms with van der Waals surface area (Å²) in [6, 6.07) is 4.26. The summed E-state index contributed by atoms with van der Waals surface area (Å²) in [5.74, 6) is 0.887. The zero-order valence-electron chi connectivity index (χ0n) is 18.8. The highest BCUT2D eigenvalue weighted by atomic mass is 16.6. The van der Waals surface area contributed by atoms with Crippen LogP contribution in [0.5, 0.6) is 11.5 Å². The van der Waals surface area contributed by atoms with Crippen molar-refractivity contribution in [2.75, 3.05) is 13.7 Å². The van der Waals surface area contributed by atoms with Crippen molar-refractivity contribution < 1.29 is 19.7 Å². The average Bonchev–Trinajstić information content (AvgIpc) is 3.05. The number of aromatic hydroxyl groups is 1. The highest BCUT2D eigenvalue weighted by Gasteiger charge is 2.81. The van der Waals surface area contributed by atoms with Crippen LogP contribution in [-0.2, 0) is 16.6 Å². The van der Waals surface area contributed by atoms with E-state index in [0.717, 1.165) is 38.6 Å². The van der Waals surface area contributed by atoms with E-state index in [2.05, 4.69) is 32.2 Å². The van der Waals surface area contributed by atoms with E-state index in [4.69, 9.17) is 9.47 Å². The van der Waals surface area contributed by atoms with Gasteiger partial charge in [-0.1, -0.05) is 26.8 Å². The number of ether oxygens (including phenoxy) is 2. The average molecular weight is 414 g/mol. The summed E-state index contributed by atoms with van der Waals surface area (Å²) in [5, 5.41) is 26.6. The van der Waals surface area contributed by atoms with E-state index in [-0.39, 0.29) is 34.0 Å². The SMILES string of the molecule is CO[C@]12CC[C@@]3(CC1[C@](C)(O)C(C)(C)C)C1Cc4ccc(O)c5c4C3(CCN1)C2O5. The molecule has 3 N–H and O–H groups in total. The molecule has 6 aliphatic rings. The van der Waals surface area contributed by atoms with Crippen molar-refractivity contribution in [1.82, 2.24) is 5.32 Å². The topological polar surface area (TPSA) is 71.0 Å². The molecule has 4 fully saturated rings. The second-order valence-corrected chi connectivity index (χ2v) is 11.8. The molecule has 164 valence electrons. The van der Waals surface area contributed by atoms with Crippen molar-refractivity contribution in [3.63, 3.8) is 0 Å². The zero-order chi connectivity index (χ0) is 21.3. The summed E-state index contributed by atoms with van der Waals surface area (Å²) in [7, 11) is 1.80. The maximum absolute atomic E-state index is 12.0. The number of methoxy groups -OCH3 is 1. The van der Waals surface area contributed by atoms with Crippen LogP contribution in [0.25, 0.3) is 0 Å². The molecule has 3 saturated carbocycles. The molecule has 30 heavy (non-hydrogen) atoms. The summed E-state index contributed by atoms with van der Waals surface area (Å²) in [6.07, 6.45) is 4.66. The standard InChI is InChI=1S/C25H35NO4/c1-21(2,3)22(4,28)16-13-23-8-9-25(16,29-5)20-24(23)10-11-26-17(23)12-14-6-7-15(27)19(30-20)18(14)24/h6-7,16-17,20,26-28H,8-13H2,1-5H3/t16?,17?,20?,22-,23+,24?,25+/m0/s1. The molecular formula is C25H35NO4. The Bertz CT molecular complexity index is 936. The Morgan fingerprint density at radius 3 is 2.63 bits per heavy atom. The fourth-order valence-corrected chi connectivity index (χ4v) is 8.53. The molecule has 0 aromatic heterocycles. The van der Waals surface area contributed by atoms with Crippen LogP contribution in [0.2, 0.25) is 0 Å². The number of phenols is 1. The molecule has 1 saturated heterocycles. The second kappa shape index (κ2) is 5.36. The van der Waals surface area contributed by atoms with Crippen LogP contribution in [0.4, 0.5) is 0 Å². The van der Waals surface area contributed by atoms with Gasteiger partial charge in [0.2, 0.25) is 0 Å².